The van der Waals surface area contributed by atoms with Crippen molar-refractivity contribution < 1.29 is 26.3 Å². The standard InChI is InChI=1S/C10H16F6N2/c1-7-3-17(5-9(11,12)13)4-8(2)18(7)6-10(14,15)16/h7-8H,3-6H2,1-2H3. The van der Waals surface area contributed by atoms with E-state index in [1.165, 1.54) is 18.7 Å². The number of piperazine rings is 1. The van der Waals surface area contributed by atoms with Crippen LogP contribution in [0.2, 0.25) is 0 Å². The molecule has 0 aliphatic carbocycles. The van der Waals surface area contributed by atoms with Crippen LogP contribution in [0.1, 0.15) is 13.8 Å². The van der Waals surface area contributed by atoms with Gasteiger partial charge in [0.25, 0.3) is 0 Å². The molecule has 2 nitrogen and oxygen atoms in total. The molecule has 0 N–H and O–H groups in total. The van der Waals surface area contributed by atoms with Crippen LogP contribution < -0.4 is 0 Å². The first kappa shape index (κ1) is 15.6. The van der Waals surface area contributed by atoms with Gasteiger partial charge in [-0.05, 0) is 13.8 Å². The Bertz CT molecular complexity index is 263. The Morgan fingerprint density at radius 3 is 1.56 bits per heavy atom. The molecule has 1 rings (SSSR count). The molecule has 0 aromatic carbocycles. The molecule has 2 unspecified atom stereocenters. The third kappa shape index (κ3) is 5.01. The van der Waals surface area contributed by atoms with Crippen molar-refractivity contribution >= 4 is 0 Å². The van der Waals surface area contributed by atoms with E-state index in [0.717, 1.165) is 4.90 Å². The van der Waals surface area contributed by atoms with Gasteiger partial charge in [-0.1, -0.05) is 0 Å². The molecule has 0 bridgehead atoms. The van der Waals surface area contributed by atoms with Gasteiger partial charge in [-0.25, -0.2) is 0 Å². The summed E-state index contributed by atoms with van der Waals surface area (Å²) >= 11 is 0. The summed E-state index contributed by atoms with van der Waals surface area (Å²) in [4.78, 5) is 2.36. The van der Waals surface area contributed by atoms with Crippen molar-refractivity contribution in [1.29, 1.82) is 0 Å². The second kappa shape index (κ2) is 5.24. The largest absolute Gasteiger partial charge is 0.401 e. The highest BCUT2D eigenvalue weighted by Crippen LogP contribution is 2.25. The first-order chi connectivity index (χ1) is 7.98. The Hall–Kier alpha value is -0.500. The quantitative estimate of drug-likeness (QED) is 0.716. The summed E-state index contributed by atoms with van der Waals surface area (Å²) < 4.78 is 73.6. The molecule has 8 heteroatoms. The van der Waals surface area contributed by atoms with Gasteiger partial charge in [0.05, 0.1) is 13.1 Å². The van der Waals surface area contributed by atoms with Crippen molar-refractivity contribution in [2.75, 3.05) is 26.2 Å². The highest BCUT2D eigenvalue weighted by Gasteiger charge is 2.40. The molecule has 108 valence electrons. The van der Waals surface area contributed by atoms with Gasteiger partial charge in [-0.2, -0.15) is 26.3 Å². The summed E-state index contributed by atoms with van der Waals surface area (Å²) in [5.74, 6) is 0. The minimum atomic E-state index is -4.32. The van der Waals surface area contributed by atoms with E-state index in [4.69, 9.17) is 0 Å². The molecular formula is C10H16F6N2. The summed E-state index contributed by atoms with van der Waals surface area (Å²) in [6, 6.07) is -1.09. The Morgan fingerprint density at radius 2 is 1.22 bits per heavy atom. The van der Waals surface area contributed by atoms with Gasteiger partial charge in [-0.3, -0.25) is 9.80 Å². The average Bonchev–Trinajstić information content (AvgIpc) is 2.07. The van der Waals surface area contributed by atoms with Crippen molar-refractivity contribution in [1.82, 2.24) is 9.80 Å². The smallest absolute Gasteiger partial charge is 0.292 e. The van der Waals surface area contributed by atoms with Crippen molar-refractivity contribution in [3.8, 4) is 0 Å². The van der Waals surface area contributed by atoms with Crippen LogP contribution >= 0.6 is 0 Å². The van der Waals surface area contributed by atoms with Crippen LogP contribution in [0.4, 0.5) is 26.3 Å². The molecule has 0 amide bonds. The molecule has 2 atom stereocenters. The maximum atomic E-state index is 12.3. The zero-order chi connectivity index (χ0) is 14.1. The molecule has 1 fully saturated rings. The van der Waals surface area contributed by atoms with Gasteiger partial charge >= 0.3 is 12.4 Å². The van der Waals surface area contributed by atoms with Crippen molar-refractivity contribution in [3.05, 3.63) is 0 Å². The maximum Gasteiger partial charge on any atom is 0.401 e. The normalized spacial score (nSPS) is 28.7. The summed E-state index contributed by atoms with van der Waals surface area (Å²) in [5, 5.41) is 0. The average molecular weight is 278 g/mol. The van der Waals surface area contributed by atoms with Gasteiger partial charge in [0.1, 0.15) is 0 Å². The predicted molar refractivity (Wildman–Crippen MR) is 54.2 cm³/mol. The van der Waals surface area contributed by atoms with Gasteiger partial charge in [0.15, 0.2) is 0 Å². The topological polar surface area (TPSA) is 6.48 Å². The van der Waals surface area contributed by atoms with E-state index in [2.05, 4.69) is 0 Å². The third-order valence-corrected chi connectivity index (χ3v) is 2.94. The first-order valence-corrected chi connectivity index (χ1v) is 5.59. The fraction of sp³-hybridized carbons (Fsp3) is 1.00. The Labute approximate surface area is 102 Å². The molecule has 0 saturated carbocycles. The molecule has 1 heterocycles. The second-order valence-electron chi connectivity index (χ2n) is 4.79. The molecule has 1 saturated heterocycles. The fourth-order valence-electron chi connectivity index (χ4n) is 2.37. The number of halogens is 6. The van der Waals surface area contributed by atoms with Crippen LogP contribution in [0.5, 0.6) is 0 Å². The van der Waals surface area contributed by atoms with Crippen LogP contribution in [0, 0.1) is 0 Å². The number of rotatable bonds is 2. The number of hydrogen-bond acceptors (Lipinski definition) is 2. The van der Waals surface area contributed by atoms with Crippen molar-refractivity contribution in [2.24, 2.45) is 0 Å². The highest BCUT2D eigenvalue weighted by atomic mass is 19.4. The Balaban J connectivity index is 2.60. The van der Waals surface area contributed by atoms with Gasteiger partial charge in [-0.15, -0.1) is 0 Å². The van der Waals surface area contributed by atoms with Crippen molar-refractivity contribution in [2.45, 2.75) is 38.3 Å². The van der Waals surface area contributed by atoms with E-state index in [9.17, 15) is 26.3 Å². The Kier molecular flexibility index (Phi) is 4.53. The van der Waals surface area contributed by atoms with E-state index in [0.29, 0.717) is 0 Å². The van der Waals surface area contributed by atoms with Crippen LogP contribution in [-0.2, 0) is 0 Å². The van der Waals surface area contributed by atoms with Crippen molar-refractivity contribution in [3.63, 3.8) is 0 Å². The van der Waals surface area contributed by atoms with Crippen LogP contribution in [-0.4, -0.2) is 60.4 Å². The number of nitrogens with zero attached hydrogens (tertiary/aromatic N) is 2. The van der Waals surface area contributed by atoms with E-state index in [1.54, 1.807) is 0 Å². The molecule has 18 heavy (non-hydrogen) atoms. The minimum absolute atomic E-state index is 0.0000694. The Morgan fingerprint density at radius 1 is 0.833 bits per heavy atom. The second-order valence-corrected chi connectivity index (χ2v) is 4.79. The van der Waals surface area contributed by atoms with E-state index < -0.39 is 37.5 Å². The fourth-order valence-corrected chi connectivity index (χ4v) is 2.37. The van der Waals surface area contributed by atoms with Crippen LogP contribution in [0.3, 0.4) is 0 Å². The molecule has 0 aromatic rings. The molecule has 0 radical (unpaired) electrons. The van der Waals surface area contributed by atoms with E-state index in [1.807, 2.05) is 0 Å². The summed E-state index contributed by atoms with van der Waals surface area (Å²) in [5.41, 5.74) is 0. The van der Waals surface area contributed by atoms with E-state index >= 15 is 0 Å². The lowest BCUT2D eigenvalue weighted by Crippen LogP contribution is -2.59. The molecular weight excluding hydrogens is 262 g/mol. The highest BCUT2D eigenvalue weighted by molar-refractivity contribution is 4.86. The van der Waals surface area contributed by atoms with Gasteiger partial charge in [0, 0.05) is 25.2 Å². The first-order valence-electron chi connectivity index (χ1n) is 5.59. The molecule has 1 aliphatic heterocycles. The lowest BCUT2D eigenvalue weighted by molar-refractivity contribution is -0.175. The zero-order valence-corrected chi connectivity index (χ0v) is 10.1. The van der Waals surface area contributed by atoms with E-state index in [-0.39, 0.29) is 13.1 Å². The zero-order valence-electron chi connectivity index (χ0n) is 10.1. The summed E-state index contributed by atoms with van der Waals surface area (Å²) in [6.45, 7) is 0.895. The summed E-state index contributed by atoms with van der Waals surface area (Å²) in [7, 11) is 0. The third-order valence-electron chi connectivity index (χ3n) is 2.94. The van der Waals surface area contributed by atoms with Crippen LogP contribution in [0.25, 0.3) is 0 Å². The summed E-state index contributed by atoms with van der Waals surface area (Å²) in [6.07, 6.45) is -8.64. The lowest BCUT2D eigenvalue weighted by atomic mass is 10.1. The van der Waals surface area contributed by atoms with Crippen LogP contribution in [0.15, 0.2) is 0 Å². The van der Waals surface area contributed by atoms with Gasteiger partial charge < -0.3 is 0 Å². The SMILES string of the molecule is CC1CN(CC(F)(F)F)CC(C)N1CC(F)(F)F. The molecule has 0 spiro atoms. The minimum Gasteiger partial charge on any atom is -0.292 e. The predicted octanol–water partition coefficient (Wildman–Crippen LogP) is 2.51. The molecule has 0 aromatic heterocycles. The number of hydrogen-bond donors (Lipinski definition) is 0. The van der Waals surface area contributed by atoms with Gasteiger partial charge in [0.2, 0.25) is 0 Å². The number of alkyl halides is 6. The monoisotopic (exact) mass is 278 g/mol. The molecule has 1 aliphatic rings. The maximum absolute atomic E-state index is 12.3. The lowest BCUT2D eigenvalue weighted by Gasteiger charge is -2.44.